The number of rotatable bonds is 18. The van der Waals surface area contributed by atoms with E-state index in [2.05, 4.69) is 37.2 Å². The number of alkyl halides is 2. The van der Waals surface area contributed by atoms with Crippen LogP contribution in [0.4, 0.5) is 0 Å². The summed E-state index contributed by atoms with van der Waals surface area (Å²) in [6.07, 6.45) is 0.399. The second-order valence-electron chi connectivity index (χ2n) is 14.6. The first-order chi connectivity index (χ1) is 26.1. The zero-order chi connectivity index (χ0) is 42.6. The van der Waals surface area contributed by atoms with Gasteiger partial charge in [-0.15, -0.1) is 5.06 Å². The van der Waals surface area contributed by atoms with Gasteiger partial charge in [-0.1, -0.05) is 114 Å². The molecule has 16 heteroatoms. The Hall–Kier alpha value is -3.70. The zero-order valence-electron chi connectivity index (χ0n) is 33.6. The average molecular weight is 932 g/mol. The summed E-state index contributed by atoms with van der Waals surface area (Å²) in [5.41, 5.74) is 5.70. The predicted molar refractivity (Wildman–Crippen MR) is 224 cm³/mol. The highest BCUT2D eigenvalue weighted by atomic mass is 79.9. The van der Waals surface area contributed by atoms with Gasteiger partial charge in [-0.05, 0) is 51.7 Å². The van der Waals surface area contributed by atoms with Crippen molar-refractivity contribution in [1.29, 1.82) is 0 Å². The fourth-order valence-electron chi connectivity index (χ4n) is 5.19. The fraction of sp³-hybridized carbons (Fsp3) is 0.561. The molecule has 2 aromatic rings. The van der Waals surface area contributed by atoms with Gasteiger partial charge >= 0.3 is 17.9 Å². The molecule has 1 heterocycles. The molecule has 2 atom stereocenters. The van der Waals surface area contributed by atoms with Gasteiger partial charge in [0.25, 0.3) is 11.8 Å². The molecule has 14 nitrogen and oxygen atoms in total. The van der Waals surface area contributed by atoms with E-state index in [1.54, 1.807) is 34.8 Å². The van der Waals surface area contributed by atoms with Crippen LogP contribution in [-0.4, -0.2) is 90.0 Å². The summed E-state index contributed by atoms with van der Waals surface area (Å²) in [7, 11) is 3.03. The Morgan fingerprint density at radius 1 is 0.667 bits per heavy atom. The summed E-state index contributed by atoms with van der Waals surface area (Å²) in [6, 6.07) is 19.7. The monoisotopic (exact) mass is 929 g/mol. The smallest absolute Gasteiger partial charge is 0.338 e. The van der Waals surface area contributed by atoms with Gasteiger partial charge < -0.3 is 34.8 Å². The molecule has 320 valence electrons. The molecule has 1 aliphatic rings. The van der Waals surface area contributed by atoms with Crippen molar-refractivity contribution >= 4 is 67.5 Å². The number of nitrogens with zero attached hydrogens (tertiary/aromatic N) is 1. The first-order valence-electron chi connectivity index (χ1n) is 18.0. The van der Waals surface area contributed by atoms with Crippen molar-refractivity contribution in [1.82, 2.24) is 10.4 Å². The molecule has 2 aromatic carbocycles. The van der Waals surface area contributed by atoms with Crippen molar-refractivity contribution in [2.75, 3.05) is 40.6 Å². The molecule has 1 saturated heterocycles. The Bertz CT molecular complexity index is 1550. The summed E-state index contributed by atoms with van der Waals surface area (Å²) in [4.78, 5) is 77.0. The van der Waals surface area contributed by atoms with Crippen LogP contribution in [0, 0.1) is 10.8 Å². The van der Waals surface area contributed by atoms with E-state index in [1.165, 1.54) is 12.7 Å². The van der Waals surface area contributed by atoms with Gasteiger partial charge in [-0.25, -0.2) is 4.79 Å². The molecule has 0 saturated carbocycles. The normalized spacial score (nSPS) is 14.5. The van der Waals surface area contributed by atoms with Crippen LogP contribution in [0.1, 0.15) is 85.8 Å². The highest BCUT2D eigenvalue weighted by Gasteiger charge is 2.45. The van der Waals surface area contributed by atoms with Crippen LogP contribution in [0.5, 0.6) is 0 Å². The maximum atomic E-state index is 12.5. The van der Waals surface area contributed by atoms with Crippen LogP contribution in [-0.2, 0) is 65.6 Å². The van der Waals surface area contributed by atoms with Crippen LogP contribution in [0.2, 0.25) is 0 Å². The SMILES string of the molecule is C.COCCOC(=O)C(C)(Br)CC(C)(C)C(=O)NCc1ccccc1.COCCOC(=O)C(C)(Br)CC(C)(C)C(=O)ON1C(=O)CCC1=O.NCc1ccccc1. The maximum absolute atomic E-state index is 12.5. The van der Waals surface area contributed by atoms with Crippen LogP contribution < -0.4 is 11.1 Å². The number of nitrogens with one attached hydrogen (secondary N) is 1. The standard InChI is InChI=1S/C18H26BrNO4.C15H22BrNO7.C7H9N.CH4/c1-17(2,13-18(3,19)16(22)24-11-10-23-4)15(21)20-12-14-8-6-5-7-9-14;1-14(2,9-15(3,16)13(21)23-8-7-22-4)12(20)24-17-10(18)5-6-11(17)19;8-6-7-4-2-1-3-5-7;/h5-9H,10-13H2,1-4H3,(H,20,21);5-9H2,1-4H3;1-5H,6,8H2;1H4. The van der Waals surface area contributed by atoms with E-state index in [0.717, 1.165) is 5.56 Å². The lowest BCUT2D eigenvalue weighted by molar-refractivity contribution is -0.204. The van der Waals surface area contributed by atoms with Crippen molar-refractivity contribution in [2.24, 2.45) is 16.6 Å². The van der Waals surface area contributed by atoms with Gasteiger partial charge in [-0.3, -0.25) is 24.0 Å². The number of halogens is 2. The molecule has 1 fully saturated rings. The second kappa shape index (κ2) is 25.6. The van der Waals surface area contributed by atoms with E-state index in [9.17, 15) is 28.8 Å². The lowest BCUT2D eigenvalue weighted by Crippen LogP contribution is -2.43. The zero-order valence-corrected chi connectivity index (χ0v) is 36.8. The Morgan fingerprint density at radius 3 is 1.46 bits per heavy atom. The van der Waals surface area contributed by atoms with Gasteiger partial charge in [0.2, 0.25) is 5.91 Å². The fourth-order valence-corrected chi connectivity index (χ4v) is 6.82. The minimum absolute atomic E-state index is 0. The molecule has 0 radical (unpaired) electrons. The number of benzene rings is 2. The lowest BCUT2D eigenvalue weighted by atomic mass is 9.82. The molecule has 3 rings (SSSR count). The number of carbonyl (C=O) groups is 6. The van der Waals surface area contributed by atoms with Gasteiger partial charge in [0, 0.05) is 45.6 Å². The summed E-state index contributed by atoms with van der Waals surface area (Å²) < 4.78 is 17.8. The van der Waals surface area contributed by atoms with Crippen molar-refractivity contribution in [3.63, 3.8) is 0 Å². The Kier molecular flexibility index (Phi) is 24.0. The number of carbonyl (C=O) groups excluding carboxylic acids is 6. The van der Waals surface area contributed by atoms with Crippen molar-refractivity contribution < 1.29 is 52.6 Å². The van der Waals surface area contributed by atoms with E-state index in [4.69, 9.17) is 29.5 Å². The molecule has 0 aromatic heterocycles. The molecular formula is C41H61Br2N3O11. The third-order valence-electron chi connectivity index (χ3n) is 8.16. The highest BCUT2D eigenvalue weighted by Crippen LogP contribution is 2.37. The Morgan fingerprint density at radius 2 is 1.07 bits per heavy atom. The van der Waals surface area contributed by atoms with Gasteiger partial charge in [0.15, 0.2) is 0 Å². The number of imide groups is 1. The molecule has 3 N–H and O–H groups in total. The number of hydroxylamine groups is 2. The summed E-state index contributed by atoms with van der Waals surface area (Å²) in [5, 5.41) is 3.41. The van der Waals surface area contributed by atoms with Gasteiger partial charge in [-0.2, -0.15) is 0 Å². The quantitative estimate of drug-likeness (QED) is 0.0747. The summed E-state index contributed by atoms with van der Waals surface area (Å²) in [5.74, 6) is -2.94. The Balaban J connectivity index is 0.000000906. The number of hydrogen-bond acceptors (Lipinski definition) is 12. The van der Waals surface area contributed by atoms with Crippen molar-refractivity contribution in [3.8, 4) is 0 Å². The molecule has 0 spiro atoms. The van der Waals surface area contributed by atoms with E-state index in [0.29, 0.717) is 31.2 Å². The van der Waals surface area contributed by atoms with Gasteiger partial charge in [0.1, 0.15) is 21.9 Å². The number of esters is 2. The molecule has 3 amide bonds. The summed E-state index contributed by atoms with van der Waals surface area (Å²) >= 11 is 6.67. The number of methoxy groups -OCH3 is 2. The third-order valence-corrected chi connectivity index (χ3v) is 9.37. The summed E-state index contributed by atoms with van der Waals surface area (Å²) in [6.45, 7) is 12.0. The minimum Gasteiger partial charge on any atom is -0.462 e. The number of hydrogen-bond donors (Lipinski definition) is 2. The van der Waals surface area contributed by atoms with Crippen LogP contribution >= 0.6 is 31.9 Å². The third kappa shape index (κ3) is 19.5. The van der Waals surface area contributed by atoms with Crippen molar-refractivity contribution in [2.45, 2.75) is 96.4 Å². The molecular weight excluding hydrogens is 870 g/mol. The van der Waals surface area contributed by atoms with Crippen LogP contribution in [0.3, 0.4) is 0 Å². The molecule has 0 aliphatic carbocycles. The predicted octanol–water partition coefficient (Wildman–Crippen LogP) is 6.20. The van der Waals surface area contributed by atoms with E-state index < -0.39 is 49.2 Å². The number of nitrogens with two attached hydrogens (primary N) is 1. The maximum Gasteiger partial charge on any atom is 0.338 e. The first-order valence-corrected chi connectivity index (χ1v) is 19.6. The highest BCUT2D eigenvalue weighted by molar-refractivity contribution is 9.10. The number of amides is 3. The molecule has 57 heavy (non-hydrogen) atoms. The van der Waals surface area contributed by atoms with Gasteiger partial charge in [0.05, 0.1) is 18.6 Å². The van der Waals surface area contributed by atoms with Crippen LogP contribution in [0.25, 0.3) is 0 Å². The first kappa shape index (κ1) is 53.3. The molecule has 1 aliphatic heterocycles. The van der Waals surface area contributed by atoms with E-state index in [-0.39, 0.29) is 52.4 Å². The topological polar surface area (TPSA) is 190 Å². The lowest BCUT2D eigenvalue weighted by Gasteiger charge is -2.31. The minimum atomic E-state index is -1.14. The van der Waals surface area contributed by atoms with E-state index >= 15 is 0 Å². The van der Waals surface area contributed by atoms with E-state index in [1.807, 2.05) is 74.5 Å². The second-order valence-corrected chi connectivity index (χ2v) is 18.1. The van der Waals surface area contributed by atoms with Crippen LogP contribution in [0.15, 0.2) is 60.7 Å². The Labute approximate surface area is 354 Å². The number of ether oxygens (including phenoxy) is 4. The average Bonchev–Trinajstić information content (AvgIpc) is 3.46. The largest absolute Gasteiger partial charge is 0.462 e. The van der Waals surface area contributed by atoms with Crippen molar-refractivity contribution in [3.05, 3.63) is 71.8 Å². The molecule has 2 unspecified atom stereocenters. The molecule has 0 bridgehead atoms.